The Labute approximate surface area is 173 Å². The van der Waals surface area contributed by atoms with E-state index in [-0.39, 0.29) is 23.9 Å². The van der Waals surface area contributed by atoms with Crippen LogP contribution in [0.2, 0.25) is 0 Å². The van der Waals surface area contributed by atoms with Crippen molar-refractivity contribution in [1.29, 1.82) is 0 Å². The van der Waals surface area contributed by atoms with Gasteiger partial charge in [-0.15, -0.1) is 5.10 Å². The molecule has 0 radical (unpaired) electrons. The van der Waals surface area contributed by atoms with E-state index in [4.69, 9.17) is 0 Å². The second kappa shape index (κ2) is 7.96. The topological polar surface area (TPSA) is 97.2 Å². The molecule has 4 rings (SSSR count). The third kappa shape index (κ3) is 3.96. The molecule has 156 valence electrons. The summed E-state index contributed by atoms with van der Waals surface area (Å²) in [6.45, 7) is 2.37. The summed E-state index contributed by atoms with van der Waals surface area (Å²) in [5.74, 6) is -0.590. The molecule has 1 aromatic heterocycles. The van der Waals surface area contributed by atoms with E-state index in [1.807, 2.05) is 30.3 Å². The summed E-state index contributed by atoms with van der Waals surface area (Å²) >= 11 is 0. The zero-order valence-electron chi connectivity index (χ0n) is 16.2. The van der Waals surface area contributed by atoms with Crippen molar-refractivity contribution >= 4 is 15.9 Å². The molecule has 1 aliphatic heterocycles. The van der Waals surface area contributed by atoms with Crippen molar-refractivity contribution in [1.82, 2.24) is 24.6 Å². The summed E-state index contributed by atoms with van der Waals surface area (Å²) in [6.07, 6.45) is 0. The Bertz CT molecular complexity index is 1160. The van der Waals surface area contributed by atoms with Gasteiger partial charge in [0.1, 0.15) is 17.6 Å². The molecule has 1 aliphatic rings. The van der Waals surface area contributed by atoms with Crippen LogP contribution in [0.1, 0.15) is 29.9 Å². The molecule has 1 unspecified atom stereocenters. The average Bonchev–Trinajstić information content (AvgIpc) is 3.14. The van der Waals surface area contributed by atoms with Crippen LogP contribution in [0.25, 0.3) is 0 Å². The Morgan fingerprint density at radius 3 is 2.53 bits per heavy atom. The van der Waals surface area contributed by atoms with Crippen molar-refractivity contribution in [3.05, 3.63) is 77.4 Å². The number of nitrogens with zero attached hydrogens (tertiary/aromatic N) is 4. The van der Waals surface area contributed by atoms with Crippen molar-refractivity contribution in [2.24, 2.45) is 0 Å². The first-order valence-electron chi connectivity index (χ1n) is 9.36. The van der Waals surface area contributed by atoms with Crippen LogP contribution in [-0.2, 0) is 34.5 Å². The van der Waals surface area contributed by atoms with Crippen LogP contribution in [-0.4, -0.2) is 34.2 Å². The smallest absolute Gasteiger partial charge is 0.247 e. The van der Waals surface area contributed by atoms with Crippen LogP contribution in [0.4, 0.5) is 4.39 Å². The molecule has 1 N–H and O–H groups in total. The van der Waals surface area contributed by atoms with Gasteiger partial charge in [-0.25, -0.2) is 22.2 Å². The van der Waals surface area contributed by atoms with Gasteiger partial charge in [-0.05, 0) is 36.8 Å². The Hall–Kier alpha value is -3.11. The first kappa shape index (κ1) is 20.2. The Morgan fingerprint density at radius 1 is 1.13 bits per heavy atom. The summed E-state index contributed by atoms with van der Waals surface area (Å²) in [4.78, 5) is 14.4. The fourth-order valence-electron chi connectivity index (χ4n) is 3.38. The fraction of sp³-hybridized carbons (Fsp3) is 0.250. The highest BCUT2D eigenvalue weighted by Crippen LogP contribution is 2.25. The van der Waals surface area contributed by atoms with E-state index in [2.05, 4.69) is 15.0 Å². The molecule has 2 heterocycles. The van der Waals surface area contributed by atoms with Crippen molar-refractivity contribution in [3.8, 4) is 0 Å². The number of carbonyl (C=O) groups excluding carboxylic acids is 1. The lowest BCUT2D eigenvalue weighted by molar-refractivity contribution is -0.138. The Morgan fingerprint density at radius 2 is 1.83 bits per heavy atom. The molecule has 0 fully saturated rings. The number of fused-ring (bicyclic) bond motifs is 1. The number of nitrogens with one attached hydrogen (secondary N) is 1. The molecule has 0 saturated heterocycles. The number of aromatic nitrogens is 3. The molecule has 8 nitrogen and oxygen atoms in total. The van der Waals surface area contributed by atoms with Crippen LogP contribution in [0.5, 0.6) is 0 Å². The number of hydrogen-bond acceptors (Lipinski definition) is 5. The first-order valence-corrected chi connectivity index (χ1v) is 10.8. The summed E-state index contributed by atoms with van der Waals surface area (Å²) in [7, 11) is -3.84. The van der Waals surface area contributed by atoms with Crippen LogP contribution in [0.3, 0.4) is 0 Å². The number of benzene rings is 2. The van der Waals surface area contributed by atoms with E-state index in [1.165, 1.54) is 16.8 Å². The van der Waals surface area contributed by atoms with Crippen molar-refractivity contribution in [2.75, 3.05) is 0 Å². The first-order chi connectivity index (χ1) is 14.3. The number of sulfonamides is 1. The molecule has 1 amide bonds. The number of amides is 1. The third-order valence-electron chi connectivity index (χ3n) is 5.02. The van der Waals surface area contributed by atoms with Gasteiger partial charge in [0, 0.05) is 6.54 Å². The summed E-state index contributed by atoms with van der Waals surface area (Å²) in [5, 5.41) is 8.13. The van der Waals surface area contributed by atoms with E-state index in [1.54, 1.807) is 11.8 Å². The zero-order chi connectivity index (χ0) is 21.3. The third-order valence-corrected chi connectivity index (χ3v) is 6.43. The van der Waals surface area contributed by atoms with E-state index >= 15 is 0 Å². The molecule has 0 spiro atoms. The molecular formula is C20H20FN5O3S. The Balaban J connectivity index is 1.53. The van der Waals surface area contributed by atoms with E-state index in [9.17, 15) is 17.6 Å². The van der Waals surface area contributed by atoms with Crippen molar-refractivity contribution in [2.45, 2.75) is 37.5 Å². The largest absolute Gasteiger partial charge is 0.331 e. The van der Waals surface area contributed by atoms with Gasteiger partial charge in [-0.1, -0.05) is 35.5 Å². The molecule has 3 aromatic rings. The maximum atomic E-state index is 13.1. The van der Waals surface area contributed by atoms with E-state index in [0.717, 1.165) is 17.7 Å². The SMILES string of the molecule is CC1C(=O)N(Cc2ccccc2)Cc2c(CNS(=O)(=O)c3ccc(F)cc3)nnn21. The quantitative estimate of drug-likeness (QED) is 0.646. The van der Waals surface area contributed by atoms with Crippen molar-refractivity contribution < 1.29 is 17.6 Å². The van der Waals surface area contributed by atoms with Gasteiger partial charge in [0.15, 0.2) is 0 Å². The standard InChI is InChI=1S/C20H20FN5O3S/c1-14-20(27)25(12-15-5-3-2-4-6-15)13-19-18(23-24-26(14)19)11-22-30(28,29)17-9-7-16(21)8-10-17/h2-10,14,22H,11-13H2,1H3. The van der Waals surface area contributed by atoms with E-state index in [0.29, 0.717) is 17.9 Å². The van der Waals surface area contributed by atoms with Crippen LogP contribution in [0, 0.1) is 5.82 Å². The minimum absolute atomic E-state index is 0.0424. The highest BCUT2D eigenvalue weighted by molar-refractivity contribution is 7.89. The highest BCUT2D eigenvalue weighted by Gasteiger charge is 2.33. The maximum Gasteiger partial charge on any atom is 0.247 e. The zero-order valence-corrected chi connectivity index (χ0v) is 17.0. The minimum atomic E-state index is -3.84. The van der Waals surface area contributed by atoms with Gasteiger partial charge in [0.25, 0.3) is 0 Å². The summed E-state index contributed by atoms with van der Waals surface area (Å²) < 4.78 is 42.0. The molecular weight excluding hydrogens is 409 g/mol. The number of halogens is 1. The lowest BCUT2D eigenvalue weighted by Crippen LogP contribution is -2.41. The second-order valence-corrected chi connectivity index (χ2v) is 8.83. The lowest BCUT2D eigenvalue weighted by atomic mass is 10.1. The molecule has 10 heteroatoms. The van der Waals surface area contributed by atoms with Crippen LogP contribution in [0.15, 0.2) is 59.5 Å². The van der Waals surface area contributed by atoms with Crippen molar-refractivity contribution in [3.63, 3.8) is 0 Å². The molecule has 0 aliphatic carbocycles. The number of rotatable bonds is 6. The van der Waals surface area contributed by atoms with Gasteiger partial charge < -0.3 is 4.90 Å². The predicted octanol–water partition coefficient (Wildman–Crippen LogP) is 2.00. The molecule has 1 atom stereocenters. The summed E-state index contributed by atoms with van der Waals surface area (Å²) in [6, 6.07) is 13.7. The molecule has 0 saturated carbocycles. The molecule has 2 aromatic carbocycles. The predicted molar refractivity (Wildman–Crippen MR) is 106 cm³/mol. The van der Waals surface area contributed by atoms with Gasteiger partial charge in [0.05, 0.1) is 23.7 Å². The lowest BCUT2D eigenvalue weighted by Gasteiger charge is -2.31. The Kier molecular flexibility index (Phi) is 5.35. The van der Waals surface area contributed by atoms with Gasteiger partial charge in [-0.2, -0.15) is 0 Å². The van der Waals surface area contributed by atoms with Crippen LogP contribution < -0.4 is 4.72 Å². The normalized spacial score (nSPS) is 16.5. The van der Waals surface area contributed by atoms with E-state index < -0.39 is 21.9 Å². The van der Waals surface area contributed by atoms with Crippen LogP contribution >= 0.6 is 0 Å². The highest BCUT2D eigenvalue weighted by atomic mass is 32.2. The minimum Gasteiger partial charge on any atom is -0.331 e. The van der Waals surface area contributed by atoms with Gasteiger partial charge in [0.2, 0.25) is 15.9 Å². The number of hydrogen-bond donors (Lipinski definition) is 1. The van der Waals surface area contributed by atoms with Gasteiger partial charge in [-0.3, -0.25) is 4.79 Å². The second-order valence-electron chi connectivity index (χ2n) is 7.06. The average molecular weight is 429 g/mol. The molecule has 30 heavy (non-hydrogen) atoms. The van der Waals surface area contributed by atoms with Gasteiger partial charge >= 0.3 is 0 Å². The maximum absolute atomic E-state index is 13.1. The summed E-state index contributed by atoms with van der Waals surface area (Å²) in [5.41, 5.74) is 2.12. The fourth-order valence-corrected chi connectivity index (χ4v) is 4.37. The monoisotopic (exact) mass is 429 g/mol. The molecule has 0 bridgehead atoms. The number of carbonyl (C=O) groups is 1.